The molecular formula is C38H40N2. The molecule has 5 aromatic carbocycles. The van der Waals surface area contributed by atoms with Crippen molar-refractivity contribution in [3.05, 3.63) is 139 Å². The minimum Gasteiger partial charge on any atom is -0.336 e. The Morgan fingerprint density at radius 1 is 0.375 bits per heavy atom. The molecule has 0 saturated carbocycles. The molecule has 0 atom stereocenters. The summed E-state index contributed by atoms with van der Waals surface area (Å²) in [6.07, 6.45) is 0. The van der Waals surface area contributed by atoms with Crippen LogP contribution in [0.15, 0.2) is 133 Å². The topological polar surface area (TPSA) is 6.48 Å². The number of hydrogen-bond acceptors (Lipinski definition) is 2. The number of benzene rings is 5. The van der Waals surface area contributed by atoms with Crippen molar-refractivity contribution in [1.82, 2.24) is 0 Å². The Labute approximate surface area is 240 Å². The Kier molecular flexibility index (Phi) is 7.54. The highest BCUT2D eigenvalue weighted by molar-refractivity contribution is 5.79. The van der Waals surface area contributed by atoms with Gasteiger partial charge in [-0.1, -0.05) is 93.6 Å². The maximum atomic E-state index is 2.39. The van der Waals surface area contributed by atoms with Crippen molar-refractivity contribution in [2.45, 2.75) is 52.5 Å². The zero-order chi connectivity index (χ0) is 28.3. The van der Waals surface area contributed by atoms with E-state index >= 15 is 0 Å². The Hall–Kier alpha value is -4.30. The van der Waals surface area contributed by atoms with E-state index in [-0.39, 0.29) is 11.0 Å². The van der Waals surface area contributed by atoms with E-state index in [2.05, 4.69) is 185 Å². The first-order valence-electron chi connectivity index (χ1n) is 14.1. The summed E-state index contributed by atoms with van der Waals surface area (Å²) in [5, 5.41) is 0. The zero-order valence-electron chi connectivity index (χ0n) is 24.6. The Morgan fingerprint density at radius 3 is 1.15 bits per heavy atom. The molecule has 0 aliphatic carbocycles. The van der Waals surface area contributed by atoms with E-state index in [0.29, 0.717) is 0 Å². The van der Waals surface area contributed by atoms with Gasteiger partial charge in [-0.05, 0) is 104 Å². The molecule has 0 aromatic heterocycles. The second-order valence-electron chi connectivity index (χ2n) is 12.4. The minimum absolute atomic E-state index is 0.0451. The molecule has 0 heterocycles. The summed E-state index contributed by atoms with van der Waals surface area (Å²) in [7, 11) is 0. The van der Waals surface area contributed by atoms with E-state index in [1.165, 1.54) is 28.1 Å². The lowest BCUT2D eigenvalue weighted by molar-refractivity contribution is 0.560. The normalized spacial score (nSPS) is 11.8. The molecule has 0 saturated heterocycles. The highest BCUT2D eigenvalue weighted by Gasteiger charge is 2.23. The number of rotatable bonds is 6. The summed E-state index contributed by atoms with van der Waals surface area (Å²) in [5.74, 6) is 0. The lowest BCUT2D eigenvalue weighted by atomic mass is 9.87. The first-order valence-corrected chi connectivity index (χ1v) is 14.1. The van der Waals surface area contributed by atoms with Crippen LogP contribution >= 0.6 is 0 Å². The third-order valence-electron chi connectivity index (χ3n) is 7.28. The molecule has 0 aliphatic heterocycles. The third kappa shape index (κ3) is 5.97. The SMILES string of the molecule is CC(C)(C)c1ccc(N(c2ccccc2)c2ccc(-c3ccc(N(c4ccccc4)C(C)(C)C)cc3)cc2)cc1. The Morgan fingerprint density at radius 2 is 0.725 bits per heavy atom. The van der Waals surface area contributed by atoms with Gasteiger partial charge in [0.1, 0.15) is 0 Å². The summed E-state index contributed by atoms with van der Waals surface area (Å²) >= 11 is 0. The van der Waals surface area contributed by atoms with Crippen LogP contribution < -0.4 is 9.80 Å². The Balaban J connectivity index is 1.45. The average Bonchev–Trinajstić information content (AvgIpc) is 2.94. The number of nitrogens with zero attached hydrogens (tertiary/aromatic N) is 2. The maximum absolute atomic E-state index is 2.39. The standard InChI is InChI=1S/C38H40N2/c1-37(2,3)31-21-27-34(28-22-31)39(32-13-9-7-10-14-32)33-23-17-29(18-24-33)30-19-25-36(26-20-30)40(38(4,5)6)35-15-11-8-12-16-35/h7-28H,1-6H3. The minimum atomic E-state index is -0.0451. The molecule has 0 spiro atoms. The molecule has 0 amide bonds. The van der Waals surface area contributed by atoms with E-state index in [0.717, 1.165) is 17.1 Å². The number of hydrogen-bond donors (Lipinski definition) is 0. The smallest absolute Gasteiger partial charge is 0.0462 e. The van der Waals surface area contributed by atoms with Crippen molar-refractivity contribution in [3.8, 4) is 11.1 Å². The van der Waals surface area contributed by atoms with Crippen LogP contribution in [0, 0.1) is 0 Å². The Bertz CT molecular complexity index is 1510. The van der Waals surface area contributed by atoms with Crippen LogP contribution in [-0.2, 0) is 5.41 Å². The predicted molar refractivity (Wildman–Crippen MR) is 174 cm³/mol. The van der Waals surface area contributed by atoms with Gasteiger partial charge < -0.3 is 9.80 Å². The molecule has 202 valence electrons. The fraction of sp³-hybridized carbons (Fsp3) is 0.211. The fourth-order valence-corrected chi connectivity index (χ4v) is 5.24. The highest BCUT2D eigenvalue weighted by atomic mass is 15.2. The van der Waals surface area contributed by atoms with Crippen LogP contribution in [0.5, 0.6) is 0 Å². The van der Waals surface area contributed by atoms with Gasteiger partial charge in [0.25, 0.3) is 0 Å². The monoisotopic (exact) mass is 524 g/mol. The molecule has 0 radical (unpaired) electrons. The summed E-state index contributed by atoms with van der Waals surface area (Å²) < 4.78 is 0. The molecule has 5 rings (SSSR count). The molecule has 0 N–H and O–H groups in total. The van der Waals surface area contributed by atoms with Crippen molar-refractivity contribution < 1.29 is 0 Å². The first kappa shape index (κ1) is 27.3. The molecule has 0 aliphatic rings. The molecule has 0 bridgehead atoms. The fourth-order valence-electron chi connectivity index (χ4n) is 5.24. The molecular weight excluding hydrogens is 484 g/mol. The summed E-state index contributed by atoms with van der Waals surface area (Å²) in [6, 6.07) is 48.0. The van der Waals surface area contributed by atoms with Gasteiger partial charge in [-0.15, -0.1) is 0 Å². The van der Waals surface area contributed by atoms with Gasteiger partial charge in [-0.25, -0.2) is 0 Å². The second-order valence-corrected chi connectivity index (χ2v) is 12.4. The van der Waals surface area contributed by atoms with Gasteiger partial charge >= 0.3 is 0 Å². The number of anilines is 5. The van der Waals surface area contributed by atoms with Crippen molar-refractivity contribution in [1.29, 1.82) is 0 Å². The van der Waals surface area contributed by atoms with Crippen LogP contribution in [-0.4, -0.2) is 5.54 Å². The van der Waals surface area contributed by atoms with Crippen LogP contribution in [0.3, 0.4) is 0 Å². The molecule has 0 unspecified atom stereocenters. The average molecular weight is 525 g/mol. The lowest BCUT2D eigenvalue weighted by Crippen LogP contribution is -2.37. The summed E-state index contributed by atoms with van der Waals surface area (Å²) in [6.45, 7) is 13.5. The first-order chi connectivity index (χ1) is 19.1. The van der Waals surface area contributed by atoms with E-state index in [1.807, 2.05) is 0 Å². The second kappa shape index (κ2) is 11.1. The van der Waals surface area contributed by atoms with Gasteiger partial charge in [-0.3, -0.25) is 0 Å². The predicted octanol–water partition coefficient (Wildman–Crippen LogP) is 11.1. The molecule has 2 heteroatoms. The maximum Gasteiger partial charge on any atom is 0.0462 e. The van der Waals surface area contributed by atoms with E-state index in [1.54, 1.807) is 0 Å². The quantitative estimate of drug-likeness (QED) is 0.218. The molecule has 5 aromatic rings. The third-order valence-corrected chi connectivity index (χ3v) is 7.28. The summed E-state index contributed by atoms with van der Waals surface area (Å²) in [4.78, 5) is 4.71. The van der Waals surface area contributed by atoms with Gasteiger partial charge in [-0.2, -0.15) is 0 Å². The lowest BCUT2D eigenvalue weighted by Gasteiger charge is -2.38. The van der Waals surface area contributed by atoms with Gasteiger partial charge in [0.15, 0.2) is 0 Å². The van der Waals surface area contributed by atoms with E-state index in [9.17, 15) is 0 Å². The summed E-state index contributed by atoms with van der Waals surface area (Å²) in [5.41, 5.74) is 9.64. The van der Waals surface area contributed by atoms with Crippen molar-refractivity contribution in [2.24, 2.45) is 0 Å². The molecule has 2 nitrogen and oxygen atoms in total. The largest absolute Gasteiger partial charge is 0.336 e. The van der Waals surface area contributed by atoms with Crippen LogP contribution in [0.4, 0.5) is 28.4 Å². The van der Waals surface area contributed by atoms with Gasteiger partial charge in [0, 0.05) is 34.0 Å². The van der Waals surface area contributed by atoms with Crippen LogP contribution in [0.25, 0.3) is 11.1 Å². The molecule has 40 heavy (non-hydrogen) atoms. The van der Waals surface area contributed by atoms with Crippen molar-refractivity contribution >= 4 is 28.4 Å². The van der Waals surface area contributed by atoms with Gasteiger partial charge in [0.05, 0.1) is 0 Å². The van der Waals surface area contributed by atoms with E-state index < -0.39 is 0 Å². The van der Waals surface area contributed by atoms with Crippen LogP contribution in [0.1, 0.15) is 47.1 Å². The van der Waals surface area contributed by atoms with Crippen molar-refractivity contribution in [2.75, 3.05) is 9.80 Å². The zero-order valence-corrected chi connectivity index (χ0v) is 24.6. The van der Waals surface area contributed by atoms with Crippen molar-refractivity contribution in [3.63, 3.8) is 0 Å². The van der Waals surface area contributed by atoms with Crippen LogP contribution in [0.2, 0.25) is 0 Å². The molecule has 0 fully saturated rings. The van der Waals surface area contributed by atoms with E-state index in [4.69, 9.17) is 0 Å². The highest BCUT2D eigenvalue weighted by Crippen LogP contribution is 2.38. The van der Waals surface area contributed by atoms with Gasteiger partial charge in [0.2, 0.25) is 0 Å². The number of para-hydroxylation sites is 2.